The van der Waals surface area contributed by atoms with Gasteiger partial charge in [0.1, 0.15) is 6.26 Å². The maximum absolute atomic E-state index is 11.8. The number of amides is 1. The van der Waals surface area contributed by atoms with Gasteiger partial charge < -0.3 is 14.5 Å². The molecule has 5 nitrogen and oxygen atoms in total. The van der Waals surface area contributed by atoms with Crippen LogP contribution in [0.4, 0.5) is 5.69 Å². The van der Waals surface area contributed by atoms with Crippen LogP contribution in [0.3, 0.4) is 0 Å². The van der Waals surface area contributed by atoms with E-state index < -0.39 is 0 Å². The number of esters is 1. The minimum atomic E-state index is -0.362. The van der Waals surface area contributed by atoms with Gasteiger partial charge in [0.25, 0.3) is 5.91 Å². The van der Waals surface area contributed by atoms with E-state index in [4.69, 9.17) is 9.15 Å². The first kappa shape index (κ1) is 13.9. The summed E-state index contributed by atoms with van der Waals surface area (Å²) in [5, 5.41) is 2.70. The predicted octanol–water partition coefficient (Wildman–Crippen LogP) is 3.10. The third kappa shape index (κ3) is 3.47. The molecule has 1 heterocycles. The molecule has 5 heteroatoms. The van der Waals surface area contributed by atoms with Gasteiger partial charge in [-0.25, -0.2) is 4.79 Å². The van der Waals surface area contributed by atoms with Crippen molar-refractivity contribution >= 4 is 17.6 Å². The molecule has 0 fully saturated rings. The van der Waals surface area contributed by atoms with Gasteiger partial charge in [0.15, 0.2) is 0 Å². The number of hydrogen-bond acceptors (Lipinski definition) is 4. The summed E-state index contributed by atoms with van der Waals surface area (Å²) in [7, 11) is 0. The first-order valence-electron chi connectivity index (χ1n) is 6.31. The Labute approximate surface area is 116 Å². The smallest absolute Gasteiger partial charge is 0.338 e. The van der Waals surface area contributed by atoms with E-state index in [2.05, 4.69) is 5.32 Å². The van der Waals surface area contributed by atoms with Gasteiger partial charge in [-0.1, -0.05) is 6.92 Å². The Morgan fingerprint density at radius 1 is 1.15 bits per heavy atom. The van der Waals surface area contributed by atoms with Crippen molar-refractivity contribution in [1.82, 2.24) is 0 Å². The number of ether oxygens (including phenoxy) is 1. The van der Waals surface area contributed by atoms with Crippen LogP contribution in [-0.2, 0) is 4.74 Å². The van der Waals surface area contributed by atoms with E-state index in [0.717, 1.165) is 6.42 Å². The summed E-state index contributed by atoms with van der Waals surface area (Å²) < 4.78 is 9.86. The Bertz CT molecular complexity index is 572. The number of furan rings is 1. The van der Waals surface area contributed by atoms with Gasteiger partial charge in [-0.15, -0.1) is 0 Å². The van der Waals surface area contributed by atoms with Gasteiger partial charge in [0.2, 0.25) is 0 Å². The van der Waals surface area contributed by atoms with Crippen LogP contribution in [0, 0.1) is 0 Å². The number of benzene rings is 1. The fraction of sp³-hybridized carbons (Fsp3) is 0.200. The minimum Gasteiger partial charge on any atom is -0.472 e. The van der Waals surface area contributed by atoms with Gasteiger partial charge in [0.05, 0.1) is 24.0 Å². The van der Waals surface area contributed by atoms with Crippen LogP contribution < -0.4 is 5.32 Å². The van der Waals surface area contributed by atoms with Crippen molar-refractivity contribution in [2.45, 2.75) is 13.3 Å². The summed E-state index contributed by atoms with van der Waals surface area (Å²) in [4.78, 5) is 23.4. The quantitative estimate of drug-likeness (QED) is 0.850. The molecular formula is C15H15NO4. The summed E-state index contributed by atoms with van der Waals surface area (Å²) in [6.07, 6.45) is 3.58. The lowest BCUT2D eigenvalue weighted by Crippen LogP contribution is -2.11. The van der Waals surface area contributed by atoms with Crippen molar-refractivity contribution < 1.29 is 18.7 Å². The summed E-state index contributed by atoms with van der Waals surface area (Å²) in [5.74, 6) is -0.625. The SMILES string of the molecule is CCCOC(=O)c1ccc(NC(=O)c2ccoc2)cc1. The number of carbonyl (C=O) groups is 2. The van der Waals surface area contributed by atoms with Crippen LogP contribution in [0.5, 0.6) is 0 Å². The van der Waals surface area contributed by atoms with E-state index in [-0.39, 0.29) is 11.9 Å². The zero-order valence-corrected chi connectivity index (χ0v) is 11.1. The lowest BCUT2D eigenvalue weighted by molar-refractivity contribution is 0.0505. The van der Waals surface area contributed by atoms with Crippen LogP contribution in [0.1, 0.15) is 34.1 Å². The summed E-state index contributed by atoms with van der Waals surface area (Å²) in [6.45, 7) is 2.33. The van der Waals surface area contributed by atoms with Crippen molar-refractivity contribution in [3.8, 4) is 0 Å². The van der Waals surface area contributed by atoms with E-state index >= 15 is 0 Å². The largest absolute Gasteiger partial charge is 0.472 e. The third-order valence-electron chi connectivity index (χ3n) is 2.60. The molecule has 0 radical (unpaired) electrons. The lowest BCUT2D eigenvalue weighted by Gasteiger charge is -2.06. The number of rotatable bonds is 5. The Balaban J connectivity index is 1.98. The maximum Gasteiger partial charge on any atom is 0.338 e. The molecule has 0 aliphatic rings. The van der Waals surface area contributed by atoms with E-state index in [0.29, 0.717) is 23.4 Å². The molecule has 2 aromatic rings. The van der Waals surface area contributed by atoms with Crippen molar-refractivity contribution in [3.05, 3.63) is 54.0 Å². The second kappa shape index (κ2) is 6.56. The fourth-order valence-corrected chi connectivity index (χ4v) is 1.56. The molecule has 0 aliphatic heterocycles. The molecule has 0 saturated heterocycles. The highest BCUT2D eigenvalue weighted by Crippen LogP contribution is 2.12. The zero-order chi connectivity index (χ0) is 14.4. The van der Waals surface area contributed by atoms with Crippen LogP contribution in [-0.4, -0.2) is 18.5 Å². The number of carbonyl (C=O) groups excluding carboxylic acids is 2. The third-order valence-corrected chi connectivity index (χ3v) is 2.60. The predicted molar refractivity (Wildman–Crippen MR) is 73.7 cm³/mol. The van der Waals surface area contributed by atoms with Gasteiger partial charge in [-0.3, -0.25) is 4.79 Å². The molecule has 1 aromatic heterocycles. The van der Waals surface area contributed by atoms with Crippen molar-refractivity contribution in [2.75, 3.05) is 11.9 Å². The van der Waals surface area contributed by atoms with Crippen LogP contribution in [0.25, 0.3) is 0 Å². The van der Waals surface area contributed by atoms with Crippen LogP contribution in [0.2, 0.25) is 0 Å². The standard InChI is InChI=1S/C15H15NO4/c1-2-8-20-15(18)11-3-5-13(6-4-11)16-14(17)12-7-9-19-10-12/h3-7,9-10H,2,8H2,1H3,(H,16,17). The van der Waals surface area contributed by atoms with Gasteiger partial charge in [0, 0.05) is 5.69 Å². The number of nitrogens with one attached hydrogen (secondary N) is 1. The Morgan fingerprint density at radius 2 is 1.90 bits per heavy atom. The van der Waals surface area contributed by atoms with Gasteiger partial charge >= 0.3 is 5.97 Å². The molecule has 0 bridgehead atoms. The average Bonchev–Trinajstić information content (AvgIpc) is 3.00. The van der Waals surface area contributed by atoms with Crippen LogP contribution >= 0.6 is 0 Å². The average molecular weight is 273 g/mol. The summed E-state index contributed by atoms with van der Waals surface area (Å²) in [5.41, 5.74) is 1.50. The minimum absolute atomic E-state index is 0.264. The molecule has 1 N–H and O–H groups in total. The second-order valence-corrected chi connectivity index (χ2v) is 4.18. The van der Waals surface area contributed by atoms with Crippen LogP contribution in [0.15, 0.2) is 47.3 Å². The van der Waals surface area contributed by atoms with Crippen molar-refractivity contribution in [1.29, 1.82) is 0 Å². The Hall–Kier alpha value is -2.56. The van der Waals surface area contributed by atoms with Gasteiger partial charge in [-0.05, 0) is 36.8 Å². The molecule has 104 valence electrons. The normalized spacial score (nSPS) is 10.1. The lowest BCUT2D eigenvalue weighted by atomic mass is 10.2. The number of hydrogen-bond donors (Lipinski definition) is 1. The van der Waals surface area contributed by atoms with Crippen molar-refractivity contribution in [3.63, 3.8) is 0 Å². The Morgan fingerprint density at radius 3 is 2.50 bits per heavy atom. The highest BCUT2D eigenvalue weighted by atomic mass is 16.5. The molecule has 20 heavy (non-hydrogen) atoms. The maximum atomic E-state index is 11.8. The van der Waals surface area contributed by atoms with Crippen molar-refractivity contribution in [2.24, 2.45) is 0 Å². The molecular weight excluding hydrogens is 258 g/mol. The molecule has 1 aromatic carbocycles. The second-order valence-electron chi connectivity index (χ2n) is 4.18. The van der Waals surface area contributed by atoms with E-state index in [1.54, 1.807) is 30.3 Å². The molecule has 0 saturated carbocycles. The highest BCUT2D eigenvalue weighted by Gasteiger charge is 2.09. The van der Waals surface area contributed by atoms with E-state index in [1.165, 1.54) is 12.5 Å². The Kier molecular flexibility index (Phi) is 4.55. The molecule has 0 spiro atoms. The zero-order valence-electron chi connectivity index (χ0n) is 11.1. The summed E-state index contributed by atoms with van der Waals surface area (Å²) >= 11 is 0. The monoisotopic (exact) mass is 273 g/mol. The first-order valence-corrected chi connectivity index (χ1v) is 6.31. The first-order chi connectivity index (χ1) is 9.70. The molecule has 2 rings (SSSR count). The molecule has 0 unspecified atom stereocenters. The van der Waals surface area contributed by atoms with E-state index in [1.807, 2.05) is 6.92 Å². The van der Waals surface area contributed by atoms with E-state index in [9.17, 15) is 9.59 Å². The summed E-state index contributed by atoms with van der Waals surface area (Å²) in [6, 6.07) is 8.11. The van der Waals surface area contributed by atoms with Gasteiger partial charge in [-0.2, -0.15) is 0 Å². The molecule has 0 atom stereocenters. The number of anilines is 1. The topological polar surface area (TPSA) is 68.5 Å². The fourth-order valence-electron chi connectivity index (χ4n) is 1.56. The highest BCUT2D eigenvalue weighted by molar-refractivity contribution is 6.04. The molecule has 1 amide bonds. The molecule has 0 aliphatic carbocycles.